The van der Waals surface area contributed by atoms with Crippen molar-refractivity contribution in [3.8, 4) is 11.5 Å². The van der Waals surface area contributed by atoms with Crippen molar-refractivity contribution in [3.05, 3.63) is 59.2 Å². The van der Waals surface area contributed by atoms with Gasteiger partial charge in [-0.3, -0.25) is 4.79 Å². The molecule has 0 saturated carbocycles. The van der Waals surface area contributed by atoms with Gasteiger partial charge in [-0.25, -0.2) is 0 Å². The molecule has 1 atom stereocenters. The lowest BCUT2D eigenvalue weighted by Crippen LogP contribution is -2.52. The molecule has 0 bridgehead atoms. The van der Waals surface area contributed by atoms with Crippen LogP contribution in [0.3, 0.4) is 0 Å². The van der Waals surface area contributed by atoms with Gasteiger partial charge in [0.15, 0.2) is 0 Å². The molecule has 34 heavy (non-hydrogen) atoms. The minimum Gasteiger partial charge on any atom is -0.491 e. The number of amides is 1. The van der Waals surface area contributed by atoms with Crippen LogP contribution in [0.4, 0.5) is 0 Å². The summed E-state index contributed by atoms with van der Waals surface area (Å²) in [7, 11) is 0. The number of hydrogen-bond acceptors (Lipinski definition) is 5. The number of hydrogen-bond donors (Lipinski definition) is 1. The third kappa shape index (κ3) is 5.39. The van der Waals surface area contributed by atoms with Crippen LogP contribution in [-0.4, -0.2) is 53.4 Å². The molecule has 0 aromatic heterocycles. The Labute approximate surface area is 202 Å². The van der Waals surface area contributed by atoms with E-state index in [1.54, 1.807) is 18.2 Å². The largest absolute Gasteiger partial charge is 0.491 e. The van der Waals surface area contributed by atoms with Gasteiger partial charge in [0.25, 0.3) is 5.91 Å². The Kier molecular flexibility index (Phi) is 7.48. The minimum atomic E-state index is -0.276. The van der Waals surface area contributed by atoms with Crippen LogP contribution in [0.5, 0.6) is 11.5 Å². The van der Waals surface area contributed by atoms with Crippen molar-refractivity contribution in [2.24, 2.45) is 0 Å². The molecule has 0 aliphatic carbocycles. The lowest BCUT2D eigenvalue weighted by molar-refractivity contribution is -0.0325. The quantitative estimate of drug-likeness (QED) is 0.625. The fourth-order valence-electron chi connectivity index (χ4n) is 5.01. The second-order valence-corrected chi connectivity index (χ2v) is 10.0. The fourth-order valence-corrected chi connectivity index (χ4v) is 5.01. The van der Waals surface area contributed by atoms with Gasteiger partial charge in [0, 0.05) is 43.0 Å². The molecule has 184 valence electrons. The van der Waals surface area contributed by atoms with E-state index in [0.717, 1.165) is 25.0 Å². The Bertz CT molecular complexity index is 994. The summed E-state index contributed by atoms with van der Waals surface area (Å²) in [6.45, 7) is 9.79. The summed E-state index contributed by atoms with van der Waals surface area (Å²) in [6.07, 6.45) is 2.65. The molecule has 1 saturated heterocycles. The molecule has 1 unspecified atom stereocenters. The molecule has 1 spiro atoms. The number of aliphatic hydroxyl groups excluding tert-OH is 1. The highest BCUT2D eigenvalue weighted by Gasteiger charge is 2.44. The van der Waals surface area contributed by atoms with Gasteiger partial charge in [-0.2, -0.15) is 0 Å². The number of para-hydroxylation sites is 1. The number of fused-ring (bicyclic) bond motifs is 1. The molecule has 2 aromatic carbocycles. The van der Waals surface area contributed by atoms with E-state index in [1.807, 2.05) is 30.9 Å². The molecule has 2 aromatic rings. The minimum absolute atomic E-state index is 0.000485. The molecule has 6 heteroatoms. The zero-order chi connectivity index (χ0) is 24.3. The summed E-state index contributed by atoms with van der Waals surface area (Å²) in [6, 6.07) is 13.6. The number of carbonyl (C=O) groups is 1. The van der Waals surface area contributed by atoms with Crippen LogP contribution in [0, 0.1) is 0 Å². The van der Waals surface area contributed by atoms with Crippen LogP contribution in [0.15, 0.2) is 42.5 Å². The van der Waals surface area contributed by atoms with Crippen LogP contribution < -0.4 is 9.47 Å². The number of rotatable bonds is 7. The first kappa shape index (κ1) is 24.6. The number of nitrogens with zero attached hydrogens (tertiary/aromatic N) is 1. The van der Waals surface area contributed by atoms with E-state index in [0.29, 0.717) is 36.6 Å². The maximum absolute atomic E-state index is 13.3. The van der Waals surface area contributed by atoms with E-state index >= 15 is 0 Å². The summed E-state index contributed by atoms with van der Waals surface area (Å²) in [5.74, 6) is 1.83. The van der Waals surface area contributed by atoms with Crippen molar-refractivity contribution in [2.75, 3.05) is 19.7 Å². The van der Waals surface area contributed by atoms with Crippen LogP contribution >= 0.6 is 0 Å². The normalized spacial score (nSPS) is 19.3. The number of aliphatic hydroxyl groups is 1. The number of likely N-dealkylation sites (tertiary alicyclic amines) is 1. The number of carbonyl (C=O) groups excluding carboxylic acids is 1. The first-order valence-electron chi connectivity index (χ1n) is 12.4. The van der Waals surface area contributed by atoms with Gasteiger partial charge in [0.1, 0.15) is 17.1 Å². The molecule has 1 N–H and O–H groups in total. The second kappa shape index (κ2) is 10.4. The highest BCUT2D eigenvalue weighted by Crippen LogP contribution is 2.45. The lowest BCUT2D eigenvalue weighted by atomic mass is 9.77. The van der Waals surface area contributed by atoms with E-state index < -0.39 is 0 Å². The van der Waals surface area contributed by atoms with Gasteiger partial charge in [-0.1, -0.05) is 18.2 Å². The topological polar surface area (TPSA) is 68.2 Å². The maximum atomic E-state index is 13.3. The second-order valence-electron chi connectivity index (χ2n) is 10.0. The highest BCUT2D eigenvalue weighted by atomic mass is 16.5. The molecule has 1 amide bonds. The van der Waals surface area contributed by atoms with Gasteiger partial charge in [0.2, 0.25) is 0 Å². The first-order valence-corrected chi connectivity index (χ1v) is 12.4. The number of ether oxygens (including phenoxy) is 3. The maximum Gasteiger partial charge on any atom is 0.253 e. The zero-order valence-electron chi connectivity index (χ0n) is 20.8. The molecule has 4 rings (SSSR count). The predicted molar refractivity (Wildman–Crippen MR) is 132 cm³/mol. The van der Waals surface area contributed by atoms with Crippen molar-refractivity contribution < 1.29 is 24.1 Å². The Morgan fingerprint density at radius 1 is 1.12 bits per heavy atom. The summed E-state index contributed by atoms with van der Waals surface area (Å²) >= 11 is 0. The Morgan fingerprint density at radius 2 is 1.85 bits per heavy atom. The first-order chi connectivity index (χ1) is 16.3. The molecule has 0 radical (unpaired) electrons. The summed E-state index contributed by atoms with van der Waals surface area (Å²) in [4.78, 5) is 15.2. The van der Waals surface area contributed by atoms with Crippen LogP contribution in [-0.2, 0) is 11.3 Å². The van der Waals surface area contributed by atoms with Gasteiger partial charge in [-0.15, -0.1) is 0 Å². The smallest absolute Gasteiger partial charge is 0.253 e. The van der Waals surface area contributed by atoms with E-state index in [-0.39, 0.29) is 36.2 Å². The zero-order valence-corrected chi connectivity index (χ0v) is 20.8. The molecule has 2 aliphatic heterocycles. The third-order valence-corrected chi connectivity index (χ3v) is 6.74. The number of piperidine rings is 1. The van der Waals surface area contributed by atoms with E-state index in [2.05, 4.69) is 26.0 Å². The van der Waals surface area contributed by atoms with Crippen molar-refractivity contribution in [2.45, 2.75) is 77.3 Å². The molecule has 6 nitrogen and oxygen atoms in total. The summed E-state index contributed by atoms with van der Waals surface area (Å²) in [5, 5.41) is 9.77. The van der Waals surface area contributed by atoms with Gasteiger partial charge >= 0.3 is 0 Å². The predicted octanol–water partition coefficient (Wildman–Crippen LogP) is 4.93. The molecule has 2 heterocycles. The average Bonchev–Trinajstić information content (AvgIpc) is 2.82. The molecule has 1 fully saturated rings. The molecular formula is C28H37NO5. The van der Waals surface area contributed by atoms with Gasteiger partial charge < -0.3 is 24.2 Å². The van der Waals surface area contributed by atoms with Crippen molar-refractivity contribution in [1.82, 2.24) is 4.90 Å². The molecular weight excluding hydrogens is 430 g/mol. The fraction of sp³-hybridized carbons (Fsp3) is 0.536. The number of benzene rings is 2. The Morgan fingerprint density at radius 3 is 2.53 bits per heavy atom. The Hall–Kier alpha value is -2.57. The monoisotopic (exact) mass is 467 g/mol. The van der Waals surface area contributed by atoms with Gasteiger partial charge in [-0.05, 0) is 63.9 Å². The standard InChI is InChI=1S/C28H37NO5/c1-19(2)32-18-23-16-28(34-26-8-6-5-7-24(23)26)11-13-29(14-12-28)27(31)21-9-10-25(33-20(3)4)22(15-21)17-30/h5-10,15,19-20,23,30H,11-14,16-18H2,1-4H3. The van der Waals surface area contributed by atoms with Crippen molar-refractivity contribution >= 4 is 5.91 Å². The Balaban J connectivity index is 1.46. The highest BCUT2D eigenvalue weighted by molar-refractivity contribution is 5.94. The van der Waals surface area contributed by atoms with Gasteiger partial charge in [0.05, 0.1) is 25.4 Å². The third-order valence-electron chi connectivity index (χ3n) is 6.74. The summed E-state index contributed by atoms with van der Waals surface area (Å²) in [5.41, 5.74) is 2.15. The van der Waals surface area contributed by atoms with E-state index in [4.69, 9.17) is 14.2 Å². The van der Waals surface area contributed by atoms with Crippen molar-refractivity contribution in [1.29, 1.82) is 0 Å². The van der Waals surface area contributed by atoms with Crippen LogP contribution in [0.2, 0.25) is 0 Å². The summed E-state index contributed by atoms with van der Waals surface area (Å²) < 4.78 is 18.3. The van der Waals surface area contributed by atoms with Crippen LogP contribution in [0.1, 0.15) is 74.4 Å². The lowest BCUT2D eigenvalue weighted by Gasteiger charge is -2.47. The van der Waals surface area contributed by atoms with Crippen LogP contribution in [0.25, 0.3) is 0 Å². The van der Waals surface area contributed by atoms with E-state index in [1.165, 1.54) is 5.56 Å². The van der Waals surface area contributed by atoms with Crippen molar-refractivity contribution in [3.63, 3.8) is 0 Å². The molecule has 2 aliphatic rings. The van der Waals surface area contributed by atoms with E-state index in [9.17, 15) is 9.90 Å². The SMILES string of the molecule is CC(C)OCC1CC2(CCN(C(=O)c3ccc(OC(C)C)c(CO)c3)CC2)Oc2ccccc21. The average molecular weight is 468 g/mol.